The van der Waals surface area contributed by atoms with Crippen LogP contribution in [0.1, 0.15) is 33.5 Å². The summed E-state index contributed by atoms with van der Waals surface area (Å²) in [6.07, 6.45) is 0.442. The lowest BCUT2D eigenvalue weighted by atomic mass is 10.1. The van der Waals surface area contributed by atoms with Crippen molar-refractivity contribution in [3.05, 3.63) is 71.1 Å². The number of primary amides is 1. The fourth-order valence-electron chi connectivity index (χ4n) is 2.77. The van der Waals surface area contributed by atoms with Crippen LogP contribution < -0.4 is 15.8 Å². The van der Waals surface area contributed by atoms with Gasteiger partial charge in [0.1, 0.15) is 5.75 Å². The molecule has 1 aliphatic rings. The average Bonchev–Trinajstić information content (AvgIpc) is 3.26. The number of benzene rings is 2. The van der Waals surface area contributed by atoms with Crippen LogP contribution >= 0.6 is 0 Å². The normalized spacial score (nSPS) is 15.4. The summed E-state index contributed by atoms with van der Waals surface area (Å²) in [7, 11) is 0. The summed E-state index contributed by atoms with van der Waals surface area (Å²) in [6, 6.07) is 15.2. The third-order valence-corrected chi connectivity index (χ3v) is 4.02. The zero-order valence-corrected chi connectivity index (χ0v) is 13.3. The number of nitrogens with zero attached hydrogens (tertiary/aromatic N) is 2. The van der Waals surface area contributed by atoms with Gasteiger partial charge < -0.3 is 20.2 Å². The Labute approximate surface area is 143 Å². The van der Waals surface area contributed by atoms with Crippen molar-refractivity contribution in [3.8, 4) is 5.75 Å². The van der Waals surface area contributed by atoms with Crippen LogP contribution in [0.5, 0.6) is 5.75 Å². The number of carbonyl (C=O) groups excluding carboxylic acids is 1. The van der Waals surface area contributed by atoms with Gasteiger partial charge in [-0.1, -0.05) is 35.4 Å². The lowest BCUT2D eigenvalue weighted by Crippen LogP contribution is -2.11. The van der Waals surface area contributed by atoms with Crippen molar-refractivity contribution in [1.82, 2.24) is 10.2 Å². The molecule has 0 bridgehead atoms. The summed E-state index contributed by atoms with van der Waals surface area (Å²) in [6.45, 7) is 0.439. The van der Waals surface area contributed by atoms with Crippen molar-refractivity contribution in [1.29, 1.82) is 0 Å². The first-order valence-corrected chi connectivity index (χ1v) is 7.89. The predicted octanol–water partition coefficient (Wildman–Crippen LogP) is 2.46. The molecule has 3 N–H and O–H groups in total. The average molecular weight is 336 g/mol. The molecular weight excluding hydrogens is 320 g/mol. The van der Waals surface area contributed by atoms with Gasteiger partial charge in [0.05, 0.1) is 0 Å². The molecule has 7 heteroatoms. The van der Waals surface area contributed by atoms with Crippen molar-refractivity contribution in [2.75, 3.05) is 5.32 Å². The fraction of sp³-hybridized carbons (Fsp3) is 0.167. The number of carbonyl (C=O) groups is 1. The highest BCUT2D eigenvalue weighted by atomic mass is 16.5. The van der Waals surface area contributed by atoms with Crippen LogP contribution in [0.25, 0.3) is 0 Å². The standard InChI is InChI=1S/C18H16N4O3/c19-16(23)13-6-3-4-11(8-13)10-20-18-22-21-17(25-18)15-9-12-5-1-2-7-14(12)24-15/h1-8,15H,9-10H2,(H2,19,23)(H,20,22)/t15-/m1/s1. The van der Waals surface area contributed by atoms with Gasteiger partial charge in [-0.3, -0.25) is 4.79 Å². The van der Waals surface area contributed by atoms with Crippen LogP contribution in [0.2, 0.25) is 0 Å². The zero-order chi connectivity index (χ0) is 17.2. The van der Waals surface area contributed by atoms with Gasteiger partial charge in [0.15, 0.2) is 6.10 Å². The van der Waals surface area contributed by atoms with Crippen LogP contribution in [0.4, 0.5) is 6.01 Å². The number of anilines is 1. The van der Waals surface area contributed by atoms with E-state index in [1.807, 2.05) is 30.3 Å². The highest BCUT2D eigenvalue weighted by Gasteiger charge is 2.28. The number of hydrogen-bond acceptors (Lipinski definition) is 6. The third kappa shape index (κ3) is 3.16. The molecule has 3 aromatic rings. The molecule has 1 aliphatic heterocycles. The molecule has 0 saturated carbocycles. The van der Waals surface area contributed by atoms with Crippen molar-refractivity contribution in [2.45, 2.75) is 19.1 Å². The Morgan fingerprint density at radius 3 is 2.92 bits per heavy atom. The van der Waals surface area contributed by atoms with E-state index < -0.39 is 5.91 Å². The second-order valence-corrected chi connectivity index (χ2v) is 5.78. The second-order valence-electron chi connectivity index (χ2n) is 5.78. The molecule has 0 spiro atoms. The number of nitrogens with two attached hydrogens (primary N) is 1. The van der Waals surface area contributed by atoms with Gasteiger partial charge in [0, 0.05) is 18.5 Å². The maximum atomic E-state index is 11.2. The zero-order valence-electron chi connectivity index (χ0n) is 13.3. The van der Waals surface area contributed by atoms with E-state index in [4.69, 9.17) is 14.9 Å². The smallest absolute Gasteiger partial charge is 0.315 e. The van der Waals surface area contributed by atoms with Crippen molar-refractivity contribution < 1.29 is 13.9 Å². The van der Waals surface area contributed by atoms with Crippen molar-refractivity contribution in [2.24, 2.45) is 5.73 Å². The summed E-state index contributed by atoms with van der Waals surface area (Å²) in [5.74, 6) is 0.827. The lowest BCUT2D eigenvalue weighted by molar-refractivity contribution is 0.1000. The molecule has 0 aliphatic carbocycles. The van der Waals surface area contributed by atoms with Gasteiger partial charge in [-0.2, -0.15) is 0 Å². The maximum Gasteiger partial charge on any atom is 0.315 e. The lowest BCUT2D eigenvalue weighted by Gasteiger charge is -2.05. The van der Waals surface area contributed by atoms with Crippen LogP contribution in [-0.2, 0) is 13.0 Å². The number of ether oxygens (including phenoxy) is 1. The SMILES string of the molecule is NC(=O)c1cccc(CNc2nnc([C@H]3Cc4ccccc4O3)o2)c1. The number of aromatic nitrogens is 2. The minimum Gasteiger partial charge on any atom is -0.480 e. The fourth-order valence-corrected chi connectivity index (χ4v) is 2.77. The maximum absolute atomic E-state index is 11.2. The Bertz CT molecular complexity index is 897. The monoisotopic (exact) mass is 336 g/mol. The van der Waals surface area contributed by atoms with E-state index in [0.29, 0.717) is 30.4 Å². The summed E-state index contributed by atoms with van der Waals surface area (Å²) in [4.78, 5) is 11.2. The van der Waals surface area contributed by atoms with E-state index in [0.717, 1.165) is 16.9 Å². The molecule has 0 fully saturated rings. The molecular formula is C18H16N4O3. The van der Waals surface area contributed by atoms with Crippen LogP contribution in [0, 0.1) is 0 Å². The second kappa shape index (κ2) is 6.27. The summed E-state index contributed by atoms with van der Waals surface area (Å²) >= 11 is 0. The Hall–Kier alpha value is -3.35. The molecule has 0 saturated heterocycles. The Morgan fingerprint density at radius 1 is 1.20 bits per heavy atom. The molecule has 0 radical (unpaired) electrons. The first-order valence-electron chi connectivity index (χ1n) is 7.89. The van der Waals surface area contributed by atoms with Gasteiger partial charge in [-0.15, -0.1) is 5.10 Å². The van der Waals surface area contributed by atoms with Gasteiger partial charge in [-0.05, 0) is 29.3 Å². The van der Waals surface area contributed by atoms with Crippen molar-refractivity contribution in [3.63, 3.8) is 0 Å². The summed E-state index contributed by atoms with van der Waals surface area (Å²) in [5.41, 5.74) is 7.76. The van der Waals surface area contributed by atoms with E-state index in [-0.39, 0.29) is 6.10 Å². The number of fused-ring (bicyclic) bond motifs is 1. The molecule has 1 aromatic heterocycles. The molecule has 7 nitrogen and oxygen atoms in total. The first-order chi connectivity index (χ1) is 12.2. The van der Waals surface area contributed by atoms with E-state index in [1.54, 1.807) is 18.2 Å². The van der Waals surface area contributed by atoms with Gasteiger partial charge in [0.25, 0.3) is 5.89 Å². The Morgan fingerprint density at radius 2 is 2.08 bits per heavy atom. The summed E-state index contributed by atoms with van der Waals surface area (Å²) in [5, 5.41) is 11.1. The van der Waals surface area contributed by atoms with E-state index >= 15 is 0 Å². The number of nitrogens with one attached hydrogen (secondary N) is 1. The quantitative estimate of drug-likeness (QED) is 0.742. The predicted molar refractivity (Wildman–Crippen MR) is 90.1 cm³/mol. The van der Waals surface area contributed by atoms with Crippen LogP contribution in [-0.4, -0.2) is 16.1 Å². The minimum absolute atomic E-state index is 0.265. The van der Waals surface area contributed by atoms with Crippen molar-refractivity contribution >= 4 is 11.9 Å². The summed E-state index contributed by atoms with van der Waals surface area (Å²) < 4.78 is 11.5. The highest BCUT2D eigenvalue weighted by molar-refractivity contribution is 5.92. The molecule has 2 heterocycles. The minimum atomic E-state index is -0.458. The highest BCUT2D eigenvalue weighted by Crippen LogP contribution is 2.36. The van der Waals surface area contributed by atoms with Crippen LogP contribution in [0.3, 0.4) is 0 Å². The number of rotatable bonds is 5. The van der Waals surface area contributed by atoms with Gasteiger partial charge in [0.2, 0.25) is 5.91 Å². The molecule has 0 unspecified atom stereocenters. The van der Waals surface area contributed by atoms with E-state index in [9.17, 15) is 4.79 Å². The van der Waals surface area contributed by atoms with Gasteiger partial charge >= 0.3 is 6.01 Å². The molecule has 126 valence electrons. The molecule has 1 atom stereocenters. The number of hydrogen-bond donors (Lipinski definition) is 2. The third-order valence-electron chi connectivity index (χ3n) is 4.02. The molecule has 4 rings (SSSR count). The number of para-hydroxylation sites is 1. The molecule has 25 heavy (non-hydrogen) atoms. The van der Waals surface area contributed by atoms with Gasteiger partial charge in [-0.25, -0.2) is 0 Å². The topological polar surface area (TPSA) is 103 Å². The van der Waals surface area contributed by atoms with E-state index in [1.165, 1.54) is 0 Å². The van der Waals surface area contributed by atoms with Crippen LogP contribution in [0.15, 0.2) is 52.9 Å². The molecule has 1 amide bonds. The largest absolute Gasteiger partial charge is 0.480 e. The Balaban J connectivity index is 1.41. The molecule has 2 aromatic carbocycles. The number of amides is 1. The van der Waals surface area contributed by atoms with E-state index in [2.05, 4.69) is 15.5 Å². The Kier molecular flexibility index (Phi) is 3.81. The first kappa shape index (κ1) is 15.2.